The Kier molecular flexibility index (Phi) is 6.11. The number of nitrogens with one attached hydrogen (secondary N) is 2. The van der Waals surface area contributed by atoms with Gasteiger partial charge in [0.05, 0.1) is 10.7 Å². The number of nitrogens with zero attached hydrogens (tertiary/aromatic N) is 1. The first-order chi connectivity index (χ1) is 13.3. The average molecular weight is 414 g/mol. The Morgan fingerprint density at radius 3 is 2.39 bits per heavy atom. The summed E-state index contributed by atoms with van der Waals surface area (Å²) in [6, 6.07) is 13.1. The Labute approximate surface area is 172 Å². The van der Waals surface area contributed by atoms with Gasteiger partial charge < -0.3 is 10.6 Å². The molecule has 0 saturated carbocycles. The highest BCUT2D eigenvalue weighted by atomic mass is 35.5. The zero-order valence-corrected chi connectivity index (χ0v) is 17.3. The molecule has 0 saturated heterocycles. The number of anilines is 2. The average Bonchev–Trinajstić information content (AvgIpc) is 3.14. The van der Waals surface area contributed by atoms with Gasteiger partial charge in [0.1, 0.15) is 10.7 Å². The van der Waals surface area contributed by atoms with Gasteiger partial charge in [-0.05, 0) is 29.7 Å². The lowest BCUT2D eigenvalue weighted by Gasteiger charge is -2.08. The summed E-state index contributed by atoms with van der Waals surface area (Å²) in [5.41, 5.74) is 3.59. The largest absolute Gasteiger partial charge is 0.326 e. The fourth-order valence-electron chi connectivity index (χ4n) is 2.61. The molecule has 5 nitrogen and oxygen atoms in total. The van der Waals surface area contributed by atoms with Gasteiger partial charge in [-0.2, -0.15) is 0 Å². The number of rotatable bonds is 5. The number of thiazole rings is 1. The molecule has 0 aliphatic rings. The molecule has 0 aliphatic carbocycles. The third-order valence-electron chi connectivity index (χ3n) is 4.10. The third kappa shape index (κ3) is 4.77. The van der Waals surface area contributed by atoms with E-state index in [-0.39, 0.29) is 11.8 Å². The van der Waals surface area contributed by atoms with Crippen molar-refractivity contribution in [1.29, 1.82) is 0 Å². The normalized spacial score (nSPS) is 10.8. The maximum Gasteiger partial charge on any atom is 0.275 e. The van der Waals surface area contributed by atoms with E-state index in [1.54, 1.807) is 23.6 Å². The van der Waals surface area contributed by atoms with Crippen LogP contribution in [0.4, 0.5) is 11.4 Å². The van der Waals surface area contributed by atoms with Gasteiger partial charge in [0.15, 0.2) is 0 Å². The van der Waals surface area contributed by atoms with Crippen molar-refractivity contribution in [2.24, 2.45) is 0 Å². The third-order valence-corrected chi connectivity index (χ3v) is 5.30. The van der Waals surface area contributed by atoms with E-state index < -0.39 is 0 Å². The SMILES string of the molecule is CC(=O)Nc1ccc(NC(=O)c2csc(-c3ccc(C(C)C)cc3)n2)c(Cl)c1. The van der Waals surface area contributed by atoms with Gasteiger partial charge in [0.25, 0.3) is 5.91 Å². The fraction of sp³-hybridized carbons (Fsp3) is 0.190. The molecular weight excluding hydrogens is 394 g/mol. The summed E-state index contributed by atoms with van der Waals surface area (Å²) in [5, 5.41) is 8.24. The summed E-state index contributed by atoms with van der Waals surface area (Å²) in [6.07, 6.45) is 0. The van der Waals surface area contributed by atoms with E-state index in [0.717, 1.165) is 10.6 Å². The Hall–Kier alpha value is -2.70. The number of carbonyl (C=O) groups is 2. The molecule has 0 fully saturated rings. The van der Waals surface area contributed by atoms with Gasteiger partial charge in [0, 0.05) is 23.6 Å². The molecule has 1 aromatic heterocycles. The molecule has 7 heteroatoms. The number of halogens is 1. The van der Waals surface area contributed by atoms with Gasteiger partial charge >= 0.3 is 0 Å². The van der Waals surface area contributed by atoms with Crippen molar-refractivity contribution in [3.05, 3.63) is 64.1 Å². The molecule has 0 unspecified atom stereocenters. The molecule has 3 rings (SSSR count). The molecule has 2 amide bonds. The first-order valence-corrected chi connectivity index (χ1v) is 10.0. The molecule has 1 heterocycles. The van der Waals surface area contributed by atoms with Crippen molar-refractivity contribution in [2.45, 2.75) is 26.7 Å². The van der Waals surface area contributed by atoms with Crippen molar-refractivity contribution in [3.63, 3.8) is 0 Å². The standard InChI is InChI=1S/C21H20ClN3O2S/c1-12(2)14-4-6-15(7-5-14)21-25-19(11-28-21)20(27)24-18-9-8-16(10-17(18)22)23-13(3)26/h4-12H,1-3H3,(H,23,26)(H,24,27). The second-order valence-electron chi connectivity index (χ2n) is 6.64. The van der Waals surface area contributed by atoms with Crippen LogP contribution in [0.2, 0.25) is 5.02 Å². The molecular formula is C21H20ClN3O2S. The van der Waals surface area contributed by atoms with Crippen LogP contribution in [-0.2, 0) is 4.79 Å². The summed E-state index contributed by atoms with van der Waals surface area (Å²) in [6.45, 7) is 5.71. The van der Waals surface area contributed by atoms with Crippen molar-refractivity contribution in [1.82, 2.24) is 4.98 Å². The van der Waals surface area contributed by atoms with E-state index in [4.69, 9.17) is 11.6 Å². The number of hydrogen-bond acceptors (Lipinski definition) is 4. The second kappa shape index (κ2) is 8.54. The minimum absolute atomic E-state index is 0.190. The van der Waals surface area contributed by atoms with E-state index in [2.05, 4.69) is 41.6 Å². The Bertz CT molecular complexity index is 1010. The number of hydrogen-bond donors (Lipinski definition) is 2. The topological polar surface area (TPSA) is 71.1 Å². The molecule has 2 aromatic carbocycles. The monoisotopic (exact) mass is 413 g/mol. The zero-order valence-electron chi connectivity index (χ0n) is 15.7. The van der Waals surface area contributed by atoms with Crippen LogP contribution in [-0.4, -0.2) is 16.8 Å². The van der Waals surface area contributed by atoms with Gasteiger partial charge in [-0.3, -0.25) is 9.59 Å². The summed E-state index contributed by atoms with van der Waals surface area (Å²) >= 11 is 7.62. The molecule has 0 atom stereocenters. The molecule has 3 aromatic rings. The van der Waals surface area contributed by atoms with Gasteiger partial charge in [-0.1, -0.05) is 49.7 Å². The predicted octanol–water partition coefficient (Wildman–Crippen LogP) is 5.80. The lowest BCUT2D eigenvalue weighted by molar-refractivity contribution is -0.114. The predicted molar refractivity (Wildman–Crippen MR) is 115 cm³/mol. The van der Waals surface area contributed by atoms with Crippen LogP contribution in [0, 0.1) is 0 Å². The maximum atomic E-state index is 12.5. The highest BCUT2D eigenvalue weighted by Gasteiger charge is 2.14. The minimum Gasteiger partial charge on any atom is -0.326 e. The summed E-state index contributed by atoms with van der Waals surface area (Å²) in [5.74, 6) is -0.0618. The molecule has 2 N–H and O–H groups in total. The van der Waals surface area contributed by atoms with Crippen LogP contribution < -0.4 is 10.6 Å². The number of carbonyl (C=O) groups excluding carboxylic acids is 2. The first kappa shape index (κ1) is 20.0. The quantitative estimate of drug-likeness (QED) is 0.555. The minimum atomic E-state index is -0.338. The molecule has 144 valence electrons. The van der Waals surface area contributed by atoms with Crippen molar-refractivity contribution in [3.8, 4) is 10.6 Å². The molecule has 0 aliphatic heterocycles. The summed E-state index contributed by atoms with van der Waals surface area (Å²) < 4.78 is 0. The van der Waals surface area contributed by atoms with Gasteiger partial charge in [-0.25, -0.2) is 4.98 Å². The van der Waals surface area contributed by atoms with Crippen LogP contribution in [0.1, 0.15) is 42.7 Å². The highest BCUT2D eigenvalue weighted by Crippen LogP contribution is 2.28. The number of aromatic nitrogens is 1. The van der Waals surface area contributed by atoms with Crippen molar-refractivity contribution >= 4 is 46.1 Å². The molecule has 0 radical (unpaired) electrons. The maximum absolute atomic E-state index is 12.5. The van der Waals surface area contributed by atoms with Crippen LogP contribution in [0.5, 0.6) is 0 Å². The van der Waals surface area contributed by atoms with E-state index >= 15 is 0 Å². The summed E-state index contributed by atoms with van der Waals surface area (Å²) in [4.78, 5) is 28.1. The van der Waals surface area contributed by atoms with Crippen LogP contribution >= 0.6 is 22.9 Å². The van der Waals surface area contributed by atoms with Crippen molar-refractivity contribution < 1.29 is 9.59 Å². The van der Waals surface area contributed by atoms with Crippen molar-refractivity contribution in [2.75, 3.05) is 10.6 Å². The Morgan fingerprint density at radius 1 is 1.07 bits per heavy atom. The van der Waals surface area contributed by atoms with E-state index in [1.807, 2.05) is 12.1 Å². The molecule has 28 heavy (non-hydrogen) atoms. The molecule has 0 spiro atoms. The van der Waals surface area contributed by atoms with E-state index in [1.165, 1.54) is 23.8 Å². The molecule has 0 bridgehead atoms. The number of benzene rings is 2. The van der Waals surface area contributed by atoms with Crippen LogP contribution in [0.25, 0.3) is 10.6 Å². The van der Waals surface area contributed by atoms with Crippen LogP contribution in [0.15, 0.2) is 47.8 Å². The Morgan fingerprint density at radius 2 is 1.79 bits per heavy atom. The fourth-order valence-corrected chi connectivity index (χ4v) is 3.64. The summed E-state index contributed by atoms with van der Waals surface area (Å²) in [7, 11) is 0. The highest BCUT2D eigenvalue weighted by molar-refractivity contribution is 7.13. The van der Waals surface area contributed by atoms with E-state index in [0.29, 0.717) is 28.0 Å². The lowest BCUT2D eigenvalue weighted by atomic mass is 10.0. The van der Waals surface area contributed by atoms with Gasteiger partial charge in [-0.15, -0.1) is 11.3 Å². The van der Waals surface area contributed by atoms with E-state index in [9.17, 15) is 9.59 Å². The number of amides is 2. The van der Waals surface area contributed by atoms with Gasteiger partial charge in [0.2, 0.25) is 5.91 Å². The second-order valence-corrected chi connectivity index (χ2v) is 7.91. The first-order valence-electron chi connectivity index (χ1n) is 8.78. The van der Waals surface area contributed by atoms with Crippen LogP contribution in [0.3, 0.4) is 0 Å². The Balaban J connectivity index is 1.73. The smallest absolute Gasteiger partial charge is 0.275 e. The zero-order chi connectivity index (χ0) is 20.3. The lowest BCUT2D eigenvalue weighted by Crippen LogP contribution is -2.13.